The number of hydrogen-bond donors (Lipinski definition) is 7. The number of hydrogen-bond acceptors (Lipinski definition) is 15. The first kappa shape index (κ1) is 118. The highest BCUT2D eigenvalue weighted by molar-refractivity contribution is 5.87. The highest BCUT2D eigenvalue weighted by Gasteiger charge is 2.74. The quantitative estimate of drug-likeness (QED) is 0.0237. The molecule has 15 fully saturated rings. The number of cyclic esters (lactones) is 1. The third-order valence-electron chi connectivity index (χ3n) is 48.5. The largest absolute Gasteiger partial charge is 0.481 e. The molecule has 1 heterocycles. The molecule has 0 radical (unpaired) electrons. The van der Waals surface area contributed by atoms with Crippen molar-refractivity contribution in [2.75, 3.05) is 0 Å². The van der Waals surface area contributed by atoms with E-state index in [1.54, 1.807) is 0 Å². The van der Waals surface area contributed by atoms with Crippen molar-refractivity contribution in [2.24, 2.45) is 220 Å². The maximum Gasteiger partial charge on any atom is 0.306 e. The lowest BCUT2D eigenvalue weighted by molar-refractivity contribution is -0.173. The van der Waals surface area contributed by atoms with Crippen LogP contribution in [0.4, 0.5) is 0 Å². The van der Waals surface area contributed by atoms with Gasteiger partial charge >= 0.3 is 23.9 Å². The standard InChI is InChI=1S/C27H46O4.C27H46O3.C27H42O.C24H38O5.C23H36O5/c1-17(2)7-6-8-18(3)21-9-10-22-20(16-25(30)31)23(12-14-26(21,22)4)27(5)13-11-19(28)15-24(27)29;1-19(2)9-8-10-20(3)22-12-13-23-21(15-18-28)24(14-17-26(22,23)4)27(5)16-7-6-11-25(29)30-27;1-18(2)9-8-10-19(3)21-12-13-23-25-20(17-28)22-11-6-7-15-26(22,4)24(25)14-16-27(21,23)5;1-14(4-7-20(27)28)16-5-6-17-21-18(9-10-22(16,17)2)23(3)11-8-15(26)12-24(23,29)19(21)13-25;1-14(4-7-21(27)28)17-5-6-18-16(13-24)19(9-11-22(17,18)2)23(3)10-8-15(25)12-20(23)26/h17-23,28H,6-16H2,1-5H3,(H,30,31);18-24H,6-17H2,1-5H3;6,11,17-19,21,23-25H,7-10,12-16H2,1-5H3;13-19,21,26,29H,4-12H2,1-3H3,(H,27,28);13-19,25H,4-12H2,1-3H3,(H,27,28)/t18-,19+,20+,21-,22?,23?,26-,27-;20-,21+,22-,23?,24?,26-,27-;19-,21-,23?,24?,25?,26+,27-;14-,15+,16-,17?,18?,19-,21?,22-,23-,24-;14-,15+,16?,17-,18?,19?,22-,23-/m11111/s1. The normalized spacial score (nSPS) is 44.5. The van der Waals surface area contributed by atoms with Crippen LogP contribution in [0.3, 0.4) is 0 Å². The first-order chi connectivity index (χ1) is 68.7. The summed E-state index contributed by atoms with van der Waals surface area (Å²) in [6.07, 6.45) is 56.0. The lowest BCUT2D eigenvalue weighted by Gasteiger charge is -2.54. The molecule has 0 bridgehead atoms. The first-order valence-corrected chi connectivity index (χ1v) is 60.6. The number of fused-ring (bicyclic) bond motifs is 13. The molecule has 1 aliphatic heterocycles. The van der Waals surface area contributed by atoms with Crippen molar-refractivity contribution in [3.63, 3.8) is 0 Å². The van der Waals surface area contributed by atoms with Crippen LogP contribution in [-0.2, 0) is 52.7 Å². The van der Waals surface area contributed by atoms with Gasteiger partial charge in [0, 0.05) is 85.4 Å². The summed E-state index contributed by atoms with van der Waals surface area (Å²) in [6.45, 7) is 48.9. The second-order valence-electron chi connectivity index (χ2n) is 57.3. The molecule has 14 saturated carbocycles. The van der Waals surface area contributed by atoms with E-state index in [0.717, 1.165) is 169 Å². The van der Waals surface area contributed by atoms with E-state index in [9.17, 15) is 73.5 Å². The number of carbonyl (C=O) groups excluding carboxylic acids is 7. The van der Waals surface area contributed by atoms with Crippen LogP contribution in [0.2, 0.25) is 0 Å². The Kier molecular flexibility index (Phi) is 38.8. The topological polar surface area (TPSA) is 322 Å². The van der Waals surface area contributed by atoms with Crippen LogP contribution in [-0.4, -0.2) is 126 Å². The summed E-state index contributed by atoms with van der Waals surface area (Å²) in [7, 11) is 0. The zero-order valence-corrected chi connectivity index (χ0v) is 95.4. The smallest absolute Gasteiger partial charge is 0.306 e. The molecule has 18 nitrogen and oxygen atoms in total. The molecule has 146 heavy (non-hydrogen) atoms. The number of esters is 1. The van der Waals surface area contributed by atoms with Crippen LogP contribution in [0.5, 0.6) is 0 Å². The fourth-order valence-electron chi connectivity index (χ4n) is 40.5. The van der Waals surface area contributed by atoms with E-state index in [4.69, 9.17) is 14.9 Å². The Morgan fingerprint density at radius 1 is 0.404 bits per heavy atom. The Morgan fingerprint density at radius 3 is 1.28 bits per heavy atom. The van der Waals surface area contributed by atoms with Crippen molar-refractivity contribution >= 4 is 60.6 Å². The van der Waals surface area contributed by atoms with Crippen molar-refractivity contribution in [3.05, 3.63) is 23.3 Å². The van der Waals surface area contributed by atoms with Gasteiger partial charge < -0.3 is 54.9 Å². The molecule has 0 aromatic carbocycles. The Labute approximate surface area is 883 Å². The van der Waals surface area contributed by atoms with Gasteiger partial charge in [-0.05, 0) is 416 Å². The number of aliphatic hydroxyl groups excluding tert-OH is 3. The van der Waals surface area contributed by atoms with Gasteiger partial charge in [0.15, 0.2) is 0 Å². The van der Waals surface area contributed by atoms with Gasteiger partial charge in [-0.25, -0.2) is 0 Å². The van der Waals surface area contributed by atoms with Gasteiger partial charge in [-0.2, -0.15) is 0 Å². The molecule has 0 aromatic heterocycles. The van der Waals surface area contributed by atoms with Crippen LogP contribution in [0.25, 0.3) is 0 Å². The van der Waals surface area contributed by atoms with Crippen LogP contribution in [0.15, 0.2) is 23.3 Å². The second-order valence-corrected chi connectivity index (χ2v) is 57.3. The van der Waals surface area contributed by atoms with E-state index in [0.29, 0.717) is 158 Å². The number of ketones is 2. The van der Waals surface area contributed by atoms with Gasteiger partial charge in [-0.1, -0.05) is 208 Å². The summed E-state index contributed by atoms with van der Waals surface area (Å²) in [5, 5.41) is 69.9. The molecule has 17 rings (SSSR count). The number of aliphatic carboxylic acids is 3. The molecule has 7 N–H and O–H groups in total. The fraction of sp³-hybridized carbons (Fsp3) is 0.891. The predicted octanol–water partition coefficient (Wildman–Crippen LogP) is 28.0. The van der Waals surface area contributed by atoms with Crippen LogP contribution >= 0.6 is 0 Å². The third-order valence-corrected chi connectivity index (χ3v) is 48.5. The minimum atomic E-state index is -1.10. The van der Waals surface area contributed by atoms with Crippen molar-refractivity contribution in [1.82, 2.24) is 0 Å². The summed E-state index contributed by atoms with van der Waals surface area (Å²) < 4.78 is 6.09. The molecular formula is C128H208O18. The van der Waals surface area contributed by atoms with Gasteiger partial charge in [0.25, 0.3) is 0 Å². The van der Waals surface area contributed by atoms with E-state index in [2.05, 4.69) is 151 Å². The molecule has 17 aliphatic rings. The highest BCUT2D eigenvalue weighted by atomic mass is 16.6. The number of carboxylic acid groups (broad SMARTS) is 3. The lowest BCUT2D eigenvalue weighted by atomic mass is 9.49. The molecule has 18 heteroatoms. The molecule has 13 unspecified atom stereocenters. The van der Waals surface area contributed by atoms with E-state index >= 15 is 0 Å². The highest BCUT2D eigenvalue weighted by Crippen LogP contribution is 2.76. The number of allylic oxidation sites excluding steroid dienone is 4. The fourth-order valence-corrected chi connectivity index (χ4v) is 40.5. The average molecular weight is 2040 g/mol. The van der Waals surface area contributed by atoms with Crippen LogP contribution in [0.1, 0.15) is 466 Å². The van der Waals surface area contributed by atoms with Crippen LogP contribution in [0, 0.1) is 220 Å². The van der Waals surface area contributed by atoms with Gasteiger partial charge in [0.2, 0.25) is 0 Å². The van der Waals surface area contributed by atoms with Gasteiger partial charge in [0.1, 0.15) is 42.3 Å². The van der Waals surface area contributed by atoms with Gasteiger partial charge in [-0.15, -0.1) is 0 Å². The molecule has 0 amide bonds. The number of aldehydes is 4. The summed E-state index contributed by atoms with van der Waals surface area (Å²) in [5.74, 6) is 11.2. The van der Waals surface area contributed by atoms with Crippen molar-refractivity contribution in [3.8, 4) is 0 Å². The van der Waals surface area contributed by atoms with Crippen molar-refractivity contribution in [1.29, 1.82) is 0 Å². The zero-order valence-electron chi connectivity index (χ0n) is 95.4. The number of rotatable bonds is 33. The summed E-state index contributed by atoms with van der Waals surface area (Å²) in [6, 6.07) is 0. The Morgan fingerprint density at radius 2 is 0.822 bits per heavy atom. The summed E-state index contributed by atoms with van der Waals surface area (Å²) >= 11 is 0. The van der Waals surface area contributed by atoms with Crippen molar-refractivity contribution < 1.29 is 88.4 Å². The summed E-state index contributed by atoms with van der Waals surface area (Å²) in [5.41, 5.74) is 1.27. The lowest BCUT2D eigenvalue weighted by Crippen LogP contribution is -2.54. The number of carboxylic acids is 3. The number of Topliss-reactive ketones (excluding diaryl/α,β-unsaturated/α-hetero) is 2. The van der Waals surface area contributed by atoms with Gasteiger partial charge in [0.05, 0.1) is 23.9 Å². The second kappa shape index (κ2) is 47.9. The Balaban J connectivity index is 0.000000153. The number of carbonyl (C=O) groups is 10. The summed E-state index contributed by atoms with van der Waals surface area (Å²) in [4.78, 5) is 121. The Bertz CT molecular complexity index is 4520. The maximum absolute atomic E-state index is 13.1. The molecule has 16 aliphatic carbocycles. The molecule has 1 saturated heterocycles. The molecule has 0 spiro atoms. The maximum atomic E-state index is 13.1. The third kappa shape index (κ3) is 23.3. The monoisotopic (exact) mass is 2030 g/mol. The SMILES string of the molecule is CC(C)CCC[C@@H](C)[C@H]1CCC2C3C(C=O)=C4C=CCC[C@]4(C)C3CC[C@@]21C.CC(C)CCC[C@@H](C)[C@H]1CCC2[C@H](CC(=O)O)C([C@@]3(C)CC[C@H](O)CC3=O)CC[C@@]21C.CC(C)CCC[C@@H](C)[C@H]1CCC2[C@H](CC=O)C([C@@]3(C)CCCCC(=O)O3)CC[C@@]21C.C[C@H](CCC(=O)O)[C@H]1CCC2C(C=O)C([C@@]3(C)CC[C@H](O)CC3=O)CC[C@@]21C.C[C@H](CCC(=O)O)[C@H]1CCC2C3C(CC[C@@]21C)[C@@]1(C)CC[C@H](O)C[C@@]1(O)[C@@H]3C=O. The van der Waals surface area contributed by atoms with Crippen LogP contribution < -0.4 is 0 Å². The van der Waals surface area contributed by atoms with E-state index in [-0.39, 0.29) is 118 Å². The number of ether oxygens (including phenoxy) is 1. The molecular weight excluding hydrogens is 1830 g/mol. The van der Waals surface area contributed by atoms with E-state index in [1.165, 1.54) is 139 Å². The van der Waals surface area contributed by atoms with Gasteiger partial charge in [-0.3, -0.25) is 33.6 Å². The minimum absolute atomic E-state index is 0.0312. The van der Waals surface area contributed by atoms with E-state index in [1.807, 2.05) is 6.92 Å². The zero-order chi connectivity index (χ0) is 107. The average Bonchev–Trinajstić information content (AvgIpc) is 1.61. The first-order valence-electron chi connectivity index (χ1n) is 60.6. The molecule has 0 aromatic rings. The van der Waals surface area contributed by atoms with Crippen molar-refractivity contribution in [2.45, 2.75) is 496 Å². The number of aliphatic hydroxyl groups is 4. The van der Waals surface area contributed by atoms with E-state index < -0.39 is 58.6 Å². The molecule has 40 atom stereocenters. The predicted molar refractivity (Wildman–Crippen MR) is 578 cm³/mol. The minimum Gasteiger partial charge on any atom is -0.481 e. The molecule has 828 valence electrons. The Hall–Kier alpha value is -4.78.